The highest BCUT2D eigenvalue weighted by atomic mass is 127. The quantitative estimate of drug-likeness (QED) is 0.280. The van der Waals surface area contributed by atoms with Gasteiger partial charge in [0.25, 0.3) is 5.91 Å². The maximum atomic E-state index is 12.0. The van der Waals surface area contributed by atoms with E-state index in [0.29, 0.717) is 36.9 Å². The number of hydrogen-bond donors (Lipinski definition) is 3. The lowest BCUT2D eigenvalue weighted by Gasteiger charge is -2.16. The molecule has 0 aliphatic heterocycles. The van der Waals surface area contributed by atoms with Crippen molar-refractivity contribution in [3.05, 3.63) is 65.2 Å². The molecule has 7 nitrogen and oxygen atoms in total. The van der Waals surface area contributed by atoms with Crippen LogP contribution in [0.5, 0.6) is 5.75 Å². The van der Waals surface area contributed by atoms with Crippen molar-refractivity contribution >= 4 is 35.8 Å². The fourth-order valence-electron chi connectivity index (χ4n) is 2.68. The summed E-state index contributed by atoms with van der Waals surface area (Å²) in [4.78, 5) is 18.1. The van der Waals surface area contributed by atoms with Gasteiger partial charge >= 0.3 is 0 Å². The molecule has 2 aromatic rings. The standard InChI is InChI=1S/C22H30N4O3.HI/c1-5-23-22(25-15-20(27)18-7-6-8-19(13-18)29-4)24-14-16-9-11-17(12-10-16)21(28)26(2)3;/h6-13,20,27H,5,14-15H2,1-4H3,(H2,23,24,25);1H. The van der Waals surface area contributed by atoms with Gasteiger partial charge in [0.1, 0.15) is 5.75 Å². The molecule has 1 unspecified atom stereocenters. The average Bonchev–Trinajstić information content (AvgIpc) is 2.75. The van der Waals surface area contributed by atoms with Gasteiger partial charge in [-0.2, -0.15) is 0 Å². The number of rotatable bonds is 8. The lowest BCUT2D eigenvalue weighted by atomic mass is 10.1. The molecule has 0 heterocycles. The molecular weight excluding hydrogens is 495 g/mol. The van der Waals surface area contributed by atoms with E-state index in [2.05, 4.69) is 15.6 Å². The van der Waals surface area contributed by atoms with Crippen molar-refractivity contribution in [1.82, 2.24) is 15.5 Å². The number of methoxy groups -OCH3 is 1. The van der Waals surface area contributed by atoms with Gasteiger partial charge in [0.05, 0.1) is 19.8 Å². The SMILES string of the molecule is CCNC(=NCc1ccc(C(=O)N(C)C)cc1)NCC(O)c1cccc(OC)c1.I. The van der Waals surface area contributed by atoms with Gasteiger partial charge in [0.15, 0.2) is 5.96 Å². The van der Waals surface area contributed by atoms with E-state index in [4.69, 9.17) is 4.74 Å². The molecule has 1 atom stereocenters. The number of nitrogens with zero attached hydrogens (tertiary/aromatic N) is 2. The second-order valence-electron chi connectivity index (χ2n) is 6.76. The first-order valence-corrected chi connectivity index (χ1v) is 9.59. The van der Waals surface area contributed by atoms with Gasteiger partial charge in [-0.25, -0.2) is 4.99 Å². The third kappa shape index (κ3) is 7.83. The molecule has 2 aromatic carbocycles. The van der Waals surface area contributed by atoms with Gasteiger partial charge in [0.2, 0.25) is 0 Å². The number of benzene rings is 2. The Balaban J connectivity index is 0.00000450. The molecule has 0 radical (unpaired) electrons. The molecule has 0 aromatic heterocycles. The number of guanidine groups is 1. The van der Waals surface area contributed by atoms with Crippen molar-refractivity contribution in [3.8, 4) is 5.75 Å². The predicted octanol–water partition coefficient (Wildman–Crippen LogP) is 2.80. The first-order valence-electron chi connectivity index (χ1n) is 9.59. The molecule has 8 heteroatoms. The number of carbonyl (C=O) groups is 1. The number of hydrogen-bond acceptors (Lipinski definition) is 4. The highest BCUT2D eigenvalue weighted by molar-refractivity contribution is 14.0. The van der Waals surface area contributed by atoms with Crippen molar-refractivity contribution in [2.24, 2.45) is 4.99 Å². The summed E-state index contributed by atoms with van der Waals surface area (Å²) in [7, 11) is 5.06. The van der Waals surface area contributed by atoms with Crippen LogP contribution in [0.15, 0.2) is 53.5 Å². The Morgan fingerprint density at radius 2 is 1.87 bits per heavy atom. The molecular formula is C22H31IN4O3. The van der Waals surface area contributed by atoms with E-state index in [1.54, 1.807) is 38.2 Å². The summed E-state index contributed by atoms with van der Waals surface area (Å²) < 4.78 is 5.20. The van der Waals surface area contributed by atoms with Crippen molar-refractivity contribution < 1.29 is 14.6 Å². The summed E-state index contributed by atoms with van der Waals surface area (Å²) in [5.41, 5.74) is 2.41. The van der Waals surface area contributed by atoms with E-state index >= 15 is 0 Å². The minimum atomic E-state index is -0.690. The lowest BCUT2D eigenvalue weighted by molar-refractivity contribution is 0.0827. The van der Waals surface area contributed by atoms with Crippen LogP contribution in [0.1, 0.15) is 34.5 Å². The first kappa shape index (κ1) is 25.7. The van der Waals surface area contributed by atoms with Gasteiger partial charge in [-0.3, -0.25) is 4.79 Å². The zero-order valence-corrected chi connectivity index (χ0v) is 20.2. The summed E-state index contributed by atoms with van der Waals surface area (Å²) >= 11 is 0. The maximum absolute atomic E-state index is 12.0. The van der Waals surface area contributed by atoms with E-state index < -0.39 is 6.10 Å². The molecule has 3 N–H and O–H groups in total. The molecule has 30 heavy (non-hydrogen) atoms. The molecule has 1 amide bonds. The highest BCUT2D eigenvalue weighted by Gasteiger charge is 2.10. The highest BCUT2D eigenvalue weighted by Crippen LogP contribution is 2.18. The maximum Gasteiger partial charge on any atom is 0.253 e. The minimum Gasteiger partial charge on any atom is -0.497 e. The zero-order chi connectivity index (χ0) is 21.2. The van der Waals surface area contributed by atoms with Gasteiger partial charge in [0, 0.05) is 32.7 Å². The van der Waals surface area contributed by atoms with Crippen LogP contribution in [0.25, 0.3) is 0 Å². The summed E-state index contributed by atoms with van der Waals surface area (Å²) in [6.45, 7) is 3.46. The second-order valence-corrected chi connectivity index (χ2v) is 6.76. The number of aliphatic hydroxyl groups excluding tert-OH is 1. The summed E-state index contributed by atoms with van der Waals surface area (Å²) in [6.07, 6.45) is -0.690. The third-order valence-corrected chi connectivity index (χ3v) is 4.31. The molecule has 0 aliphatic rings. The van der Waals surface area contributed by atoms with Crippen LogP contribution in [0, 0.1) is 0 Å². The number of carbonyl (C=O) groups excluding carboxylic acids is 1. The van der Waals surface area contributed by atoms with Crippen molar-refractivity contribution in [2.45, 2.75) is 19.6 Å². The number of amides is 1. The molecule has 0 aliphatic carbocycles. The van der Waals surface area contributed by atoms with Gasteiger partial charge in [-0.05, 0) is 42.3 Å². The Labute approximate surface area is 195 Å². The molecule has 0 bridgehead atoms. The molecule has 2 rings (SSSR count). The number of nitrogens with one attached hydrogen (secondary N) is 2. The Morgan fingerprint density at radius 3 is 2.47 bits per heavy atom. The number of aliphatic hydroxyl groups is 1. The van der Waals surface area contributed by atoms with Crippen LogP contribution < -0.4 is 15.4 Å². The van der Waals surface area contributed by atoms with E-state index in [-0.39, 0.29) is 29.9 Å². The summed E-state index contributed by atoms with van der Waals surface area (Å²) in [5.74, 6) is 1.29. The molecule has 164 valence electrons. The van der Waals surface area contributed by atoms with Crippen LogP contribution in [0.3, 0.4) is 0 Å². The zero-order valence-electron chi connectivity index (χ0n) is 17.9. The van der Waals surface area contributed by atoms with Crippen molar-refractivity contribution in [2.75, 3.05) is 34.3 Å². The van der Waals surface area contributed by atoms with Crippen LogP contribution in [0.2, 0.25) is 0 Å². The Hall–Kier alpha value is -2.33. The minimum absolute atomic E-state index is 0. The lowest BCUT2D eigenvalue weighted by Crippen LogP contribution is -2.39. The normalized spacial score (nSPS) is 11.8. The fourth-order valence-corrected chi connectivity index (χ4v) is 2.68. The van der Waals surface area contributed by atoms with E-state index in [1.807, 2.05) is 43.3 Å². The van der Waals surface area contributed by atoms with Gasteiger partial charge in [-0.1, -0.05) is 24.3 Å². The second kappa shape index (κ2) is 13.1. The van der Waals surface area contributed by atoms with E-state index in [0.717, 1.165) is 11.1 Å². The molecule has 0 spiro atoms. The van der Waals surface area contributed by atoms with Crippen LogP contribution in [-0.2, 0) is 6.54 Å². The van der Waals surface area contributed by atoms with Crippen molar-refractivity contribution in [1.29, 1.82) is 0 Å². The monoisotopic (exact) mass is 526 g/mol. The Morgan fingerprint density at radius 1 is 1.17 bits per heavy atom. The van der Waals surface area contributed by atoms with Crippen LogP contribution >= 0.6 is 24.0 Å². The number of halogens is 1. The Kier molecular flexibility index (Phi) is 11.2. The number of ether oxygens (including phenoxy) is 1. The van der Waals surface area contributed by atoms with Gasteiger partial charge < -0.3 is 25.4 Å². The predicted molar refractivity (Wildman–Crippen MR) is 131 cm³/mol. The van der Waals surface area contributed by atoms with E-state index in [9.17, 15) is 9.90 Å². The third-order valence-electron chi connectivity index (χ3n) is 4.31. The fraction of sp³-hybridized carbons (Fsp3) is 0.364. The molecule has 0 saturated carbocycles. The number of aliphatic imine (C=N–C) groups is 1. The van der Waals surface area contributed by atoms with Crippen LogP contribution in [-0.4, -0.2) is 56.2 Å². The summed E-state index contributed by atoms with van der Waals surface area (Å²) in [5, 5.41) is 16.8. The van der Waals surface area contributed by atoms with Gasteiger partial charge in [-0.15, -0.1) is 24.0 Å². The molecule has 0 fully saturated rings. The summed E-state index contributed by atoms with van der Waals surface area (Å²) in [6, 6.07) is 14.8. The largest absolute Gasteiger partial charge is 0.497 e. The van der Waals surface area contributed by atoms with Crippen molar-refractivity contribution in [3.63, 3.8) is 0 Å². The average molecular weight is 526 g/mol. The van der Waals surface area contributed by atoms with E-state index in [1.165, 1.54) is 0 Å². The van der Waals surface area contributed by atoms with Crippen LogP contribution in [0.4, 0.5) is 0 Å². The smallest absolute Gasteiger partial charge is 0.253 e. The topological polar surface area (TPSA) is 86.2 Å². The molecule has 0 saturated heterocycles. The Bertz CT molecular complexity index is 825. The first-order chi connectivity index (χ1) is 13.9.